The van der Waals surface area contributed by atoms with Crippen LogP contribution in [0.1, 0.15) is 18.3 Å². The Morgan fingerprint density at radius 2 is 2.27 bits per heavy atom. The molecule has 1 N–H and O–H groups in total. The number of aromatic nitrogens is 1. The molecule has 0 spiro atoms. The summed E-state index contributed by atoms with van der Waals surface area (Å²) in [4.78, 5) is 4.46. The Labute approximate surface area is 91.2 Å². The first-order valence-corrected chi connectivity index (χ1v) is 5.21. The SMILES string of the molecule is C=CCOCc1cccc(CNCC)n1. The van der Waals surface area contributed by atoms with Crippen molar-refractivity contribution in [2.24, 2.45) is 0 Å². The molecular formula is C12H18N2O. The highest BCUT2D eigenvalue weighted by Crippen LogP contribution is 2.01. The molecule has 0 amide bonds. The molecule has 82 valence electrons. The third kappa shape index (κ3) is 4.72. The van der Waals surface area contributed by atoms with E-state index in [1.807, 2.05) is 18.2 Å². The fourth-order valence-corrected chi connectivity index (χ4v) is 1.21. The molecule has 15 heavy (non-hydrogen) atoms. The van der Waals surface area contributed by atoms with Crippen molar-refractivity contribution in [2.45, 2.75) is 20.1 Å². The van der Waals surface area contributed by atoms with Gasteiger partial charge in [0.2, 0.25) is 0 Å². The molecule has 1 heterocycles. The summed E-state index contributed by atoms with van der Waals surface area (Å²) in [5, 5.41) is 3.24. The highest BCUT2D eigenvalue weighted by atomic mass is 16.5. The van der Waals surface area contributed by atoms with Gasteiger partial charge in [0.15, 0.2) is 0 Å². The maximum absolute atomic E-state index is 5.33. The van der Waals surface area contributed by atoms with Crippen LogP contribution in [0.3, 0.4) is 0 Å². The largest absolute Gasteiger partial charge is 0.371 e. The van der Waals surface area contributed by atoms with Crippen molar-refractivity contribution in [1.29, 1.82) is 0 Å². The van der Waals surface area contributed by atoms with E-state index in [-0.39, 0.29) is 0 Å². The average molecular weight is 206 g/mol. The second kappa shape index (κ2) is 7.15. The molecule has 3 heteroatoms. The summed E-state index contributed by atoms with van der Waals surface area (Å²) in [5.41, 5.74) is 2.02. The lowest BCUT2D eigenvalue weighted by atomic mass is 10.3. The molecule has 0 atom stereocenters. The molecule has 0 bridgehead atoms. The summed E-state index contributed by atoms with van der Waals surface area (Å²) in [7, 11) is 0. The van der Waals surface area contributed by atoms with Crippen LogP contribution in [0, 0.1) is 0 Å². The Kier molecular flexibility index (Phi) is 5.66. The quantitative estimate of drug-likeness (QED) is 0.546. The van der Waals surface area contributed by atoms with Crippen molar-refractivity contribution in [3.8, 4) is 0 Å². The number of nitrogens with zero attached hydrogens (tertiary/aromatic N) is 1. The van der Waals surface area contributed by atoms with Crippen molar-refractivity contribution < 1.29 is 4.74 Å². The molecule has 3 nitrogen and oxygen atoms in total. The van der Waals surface area contributed by atoms with Crippen LogP contribution in [-0.4, -0.2) is 18.1 Å². The van der Waals surface area contributed by atoms with Gasteiger partial charge in [0.25, 0.3) is 0 Å². The Morgan fingerprint density at radius 3 is 3.00 bits per heavy atom. The lowest BCUT2D eigenvalue weighted by Gasteiger charge is -2.04. The van der Waals surface area contributed by atoms with E-state index in [0.717, 1.165) is 24.5 Å². The van der Waals surface area contributed by atoms with Gasteiger partial charge in [-0.25, -0.2) is 0 Å². The molecular weight excluding hydrogens is 188 g/mol. The Bertz CT molecular complexity index is 299. The van der Waals surface area contributed by atoms with Crippen LogP contribution in [-0.2, 0) is 17.9 Å². The fraction of sp³-hybridized carbons (Fsp3) is 0.417. The van der Waals surface area contributed by atoms with Gasteiger partial charge in [-0.2, -0.15) is 0 Å². The van der Waals surface area contributed by atoms with Crippen LogP contribution in [0.25, 0.3) is 0 Å². The van der Waals surface area contributed by atoms with Crippen LogP contribution < -0.4 is 5.32 Å². The molecule has 1 aromatic heterocycles. The number of hydrogen-bond donors (Lipinski definition) is 1. The van der Waals surface area contributed by atoms with E-state index < -0.39 is 0 Å². The number of nitrogens with one attached hydrogen (secondary N) is 1. The van der Waals surface area contributed by atoms with Gasteiger partial charge >= 0.3 is 0 Å². The summed E-state index contributed by atoms with van der Waals surface area (Å²) in [6, 6.07) is 5.99. The van der Waals surface area contributed by atoms with E-state index in [2.05, 4.69) is 23.8 Å². The molecule has 1 rings (SSSR count). The van der Waals surface area contributed by atoms with Crippen molar-refractivity contribution in [3.05, 3.63) is 42.2 Å². The van der Waals surface area contributed by atoms with Crippen LogP contribution in [0.15, 0.2) is 30.9 Å². The molecule has 0 fully saturated rings. The second-order valence-electron chi connectivity index (χ2n) is 3.20. The maximum Gasteiger partial charge on any atom is 0.0892 e. The van der Waals surface area contributed by atoms with E-state index in [9.17, 15) is 0 Å². The lowest BCUT2D eigenvalue weighted by Crippen LogP contribution is -2.13. The Morgan fingerprint density at radius 1 is 1.47 bits per heavy atom. The zero-order chi connectivity index (χ0) is 10.9. The molecule has 0 unspecified atom stereocenters. The fourth-order valence-electron chi connectivity index (χ4n) is 1.21. The normalized spacial score (nSPS) is 10.2. The Balaban J connectivity index is 2.46. The highest BCUT2D eigenvalue weighted by Gasteiger charge is 1.97. The van der Waals surface area contributed by atoms with E-state index in [1.165, 1.54) is 0 Å². The molecule has 0 aromatic carbocycles. The summed E-state index contributed by atoms with van der Waals surface area (Å²) in [6.45, 7) is 8.56. The van der Waals surface area contributed by atoms with E-state index in [4.69, 9.17) is 4.74 Å². The van der Waals surface area contributed by atoms with Crippen molar-refractivity contribution in [2.75, 3.05) is 13.2 Å². The topological polar surface area (TPSA) is 34.1 Å². The van der Waals surface area contributed by atoms with Gasteiger partial charge in [-0.15, -0.1) is 6.58 Å². The van der Waals surface area contributed by atoms with Crippen LogP contribution in [0.5, 0.6) is 0 Å². The maximum atomic E-state index is 5.33. The van der Waals surface area contributed by atoms with E-state index in [1.54, 1.807) is 6.08 Å². The monoisotopic (exact) mass is 206 g/mol. The van der Waals surface area contributed by atoms with Gasteiger partial charge in [0.05, 0.1) is 24.6 Å². The van der Waals surface area contributed by atoms with Gasteiger partial charge < -0.3 is 10.1 Å². The predicted molar refractivity (Wildman–Crippen MR) is 61.5 cm³/mol. The highest BCUT2D eigenvalue weighted by molar-refractivity contribution is 5.10. The van der Waals surface area contributed by atoms with Gasteiger partial charge in [-0.3, -0.25) is 4.98 Å². The first-order chi connectivity index (χ1) is 7.36. The van der Waals surface area contributed by atoms with Gasteiger partial charge in [0.1, 0.15) is 0 Å². The Hall–Kier alpha value is -1.19. The smallest absolute Gasteiger partial charge is 0.0892 e. The summed E-state index contributed by atoms with van der Waals surface area (Å²) in [6.07, 6.45) is 1.74. The summed E-state index contributed by atoms with van der Waals surface area (Å²) in [5.74, 6) is 0. The minimum atomic E-state index is 0.548. The minimum Gasteiger partial charge on any atom is -0.371 e. The summed E-state index contributed by atoms with van der Waals surface area (Å²) >= 11 is 0. The van der Waals surface area contributed by atoms with Crippen molar-refractivity contribution >= 4 is 0 Å². The zero-order valence-corrected chi connectivity index (χ0v) is 9.20. The van der Waals surface area contributed by atoms with Gasteiger partial charge in [-0.05, 0) is 18.7 Å². The van der Waals surface area contributed by atoms with Crippen LogP contribution >= 0.6 is 0 Å². The number of ether oxygens (including phenoxy) is 1. The molecule has 0 aliphatic rings. The van der Waals surface area contributed by atoms with Crippen LogP contribution in [0.4, 0.5) is 0 Å². The van der Waals surface area contributed by atoms with E-state index in [0.29, 0.717) is 13.2 Å². The first kappa shape index (κ1) is 11.9. The molecule has 0 aliphatic heterocycles. The van der Waals surface area contributed by atoms with E-state index >= 15 is 0 Å². The minimum absolute atomic E-state index is 0.548. The summed E-state index contributed by atoms with van der Waals surface area (Å²) < 4.78 is 5.33. The molecule has 0 aliphatic carbocycles. The first-order valence-electron chi connectivity index (χ1n) is 5.21. The standard InChI is InChI=1S/C12H18N2O/c1-3-8-15-10-12-7-5-6-11(14-12)9-13-4-2/h3,5-7,13H,1,4,8-10H2,2H3. The van der Waals surface area contributed by atoms with Crippen molar-refractivity contribution in [1.82, 2.24) is 10.3 Å². The average Bonchev–Trinajstić information content (AvgIpc) is 2.27. The number of rotatable bonds is 7. The third-order valence-electron chi connectivity index (χ3n) is 1.91. The number of pyridine rings is 1. The van der Waals surface area contributed by atoms with Gasteiger partial charge in [-0.1, -0.05) is 19.1 Å². The molecule has 1 aromatic rings. The molecule has 0 saturated heterocycles. The zero-order valence-electron chi connectivity index (χ0n) is 9.20. The molecule has 0 radical (unpaired) electrons. The van der Waals surface area contributed by atoms with Gasteiger partial charge in [0, 0.05) is 6.54 Å². The predicted octanol–water partition coefficient (Wildman–Crippen LogP) is 1.89. The second-order valence-corrected chi connectivity index (χ2v) is 3.20. The number of hydrogen-bond acceptors (Lipinski definition) is 3. The third-order valence-corrected chi connectivity index (χ3v) is 1.91. The lowest BCUT2D eigenvalue weighted by molar-refractivity contribution is 0.146. The van der Waals surface area contributed by atoms with Crippen LogP contribution in [0.2, 0.25) is 0 Å². The molecule has 0 saturated carbocycles. The van der Waals surface area contributed by atoms with Crippen molar-refractivity contribution in [3.63, 3.8) is 0 Å².